The normalized spacial score (nSPS) is 18.1. The third-order valence-corrected chi connectivity index (χ3v) is 3.01. The number of carbonyl (C=O) groups is 1. The van der Waals surface area contributed by atoms with E-state index in [2.05, 4.69) is 15.9 Å². The average Bonchev–Trinajstić information content (AvgIpc) is 2.81. The maximum absolute atomic E-state index is 11.1. The summed E-state index contributed by atoms with van der Waals surface area (Å²) in [6.45, 7) is 1.80. The lowest BCUT2D eigenvalue weighted by molar-refractivity contribution is -0.139. The van der Waals surface area contributed by atoms with Crippen molar-refractivity contribution >= 4 is 21.9 Å². The summed E-state index contributed by atoms with van der Waals surface area (Å²) in [5.74, 6) is -0.124. The van der Waals surface area contributed by atoms with Gasteiger partial charge in [0, 0.05) is 5.56 Å². The summed E-state index contributed by atoms with van der Waals surface area (Å²) in [6, 6.07) is 1.77. The number of carboxylic acids is 1. The molecular weight excluding hydrogens is 248 g/mol. The fourth-order valence-corrected chi connectivity index (χ4v) is 2.27. The third kappa shape index (κ3) is 1.71. The summed E-state index contributed by atoms with van der Waals surface area (Å²) in [5.41, 5.74) is 0.812. The second-order valence-electron chi connectivity index (χ2n) is 3.72. The maximum atomic E-state index is 11.1. The molecule has 1 atom stereocenters. The second kappa shape index (κ2) is 3.42. The molecule has 1 aromatic rings. The van der Waals surface area contributed by atoms with Crippen molar-refractivity contribution in [1.29, 1.82) is 0 Å². The predicted molar refractivity (Wildman–Crippen MR) is 54.2 cm³/mol. The fourth-order valence-electron chi connectivity index (χ4n) is 1.79. The molecule has 0 aromatic carbocycles. The van der Waals surface area contributed by atoms with Crippen LogP contribution in [0.5, 0.6) is 0 Å². The minimum absolute atomic E-state index is 0.302. The monoisotopic (exact) mass is 258 g/mol. The van der Waals surface area contributed by atoms with Crippen molar-refractivity contribution in [3.05, 3.63) is 22.1 Å². The highest BCUT2D eigenvalue weighted by Gasteiger charge is 2.39. The molecule has 0 saturated heterocycles. The van der Waals surface area contributed by atoms with Gasteiger partial charge in [0.15, 0.2) is 4.67 Å². The van der Waals surface area contributed by atoms with Gasteiger partial charge < -0.3 is 9.52 Å². The van der Waals surface area contributed by atoms with Crippen LogP contribution >= 0.6 is 15.9 Å². The van der Waals surface area contributed by atoms with Crippen molar-refractivity contribution < 1.29 is 14.3 Å². The first kappa shape index (κ1) is 9.77. The van der Waals surface area contributed by atoms with E-state index in [0.717, 1.165) is 18.4 Å². The Kier molecular flexibility index (Phi) is 2.39. The molecule has 14 heavy (non-hydrogen) atoms. The Bertz CT molecular complexity index is 365. The highest BCUT2D eigenvalue weighted by atomic mass is 79.9. The van der Waals surface area contributed by atoms with Crippen LogP contribution in [0.2, 0.25) is 0 Å². The summed E-state index contributed by atoms with van der Waals surface area (Å²) >= 11 is 3.21. The van der Waals surface area contributed by atoms with E-state index in [1.165, 1.54) is 0 Å². The molecule has 1 fully saturated rings. The van der Waals surface area contributed by atoms with Gasteiger partial charge in [-0.3, -0.25) is 4.79 Å². The lowest BCUT2D eigenvalue weighted by atomic mass is 9.95. The molecule has 1 aromatic heterocycles. The van der Waals surface area contributed by atoms with Gasteiger partial charge in [0.1, 0.15) is 5.76 Å². The van der Waals surface area contributed by atoms with Crippen LogP contribution in [0.25, 0.3) is 0 Å². The largest absolute Gasteiger partial charge is 0.481 e. The highest BCUT2D eigenvalue weighted by molar-refractivity contribution is 9.10. The Hall–Kier alpha value is -0.770. The first-order chi connectivity index (χ1) is 6.59. The van der Waals surface area contributed by atoms with Crippen molar-refractivity contribution in [3.8, 4) is 0 Å². The Morgan fingerprint density at radius 2 is 2.36 bits per heavy atom. The molecule has 76 valence electrons. The van der Waals surface area contributed by atoms with Crippen molar-refractivity contribution in [2.45, 2.75) is 25.7 Å². The molecule has 0 aliphatic heterocycles. The van der Waals surface area contributed by atoms with Gasteiger partial charge in [-0.2, -0.15) is 0 Å². The summed E-state index contributed by atoms with van der Waals surface area (Å²) in [6.07, 6.45) is 2.03. The van der Waals surface area contributed by atoms with Crippen LogP contribution in [0.3, 0.4) is 0 Å². The van der Waals surface area contributed by atoms with E-state index in [9.17, 15) is 4.79 Å². The first-order valence-electron chi connectivity index (χ1n) is 4.58. The number of aliphatic carboxylic acids is 1. The molecule has 1 heterocycles. The van der Waals surface area contributed by atoms with E-state index in [0.29, 0.717) is 16.3 Å². The second-order valence-corrected chi connectivity index (χ2v) is 4.50. The number of halogens is 1. The van der Waals surface area contributed by atoms with Gasteiger partial charge in [-0.1, -0.05) is 0 Å². The zero-order chi connectivity index (χ0) is 10.3. The number of hydrogen-bond donors (Lipinski definition) is 1. The fraction of sp³-hybridized carbons (Fsp3) is 0.500. The Morgan fingerprint density at radius 3 is 2.71 bits per heavy atom. The SMILES string of the molecule is Cc1oc(Br)cc1C(C(=O)O)C1CC1. The average molecular weight is 259 g/mol. The van der Waals surface area contributed by atoms with Gasteiger partial charge >= 0.3 is 5.97 Å². The van der Waals surface area contributed by atoms with E-state index >= 15 is 0 Å². The van der Waals surface area contributed by atoms with Crippen LogP contribution < -0.4 is 0 Å². The molecule has 3 nitrogen and oxygen atoms in total. The molecule has 1 N–H and O–H groups in total. The van der Waals surface area contributed by atoms with Gasteiger partial charge in [-0.15, -0.1) is 0 Å². The first-order valence-corrected chi connectivity index (χ1v) is 5.37. The van der Waals surface area contributed by atoms with Crippen LogP contribution in [0.1, 0.15) is 30.1 Å². The number of rotatable bonds is 3. The molecule has 2 rings (SSSR count). The topological polar surface area (TPSA) is 50.4 Å². The van der Waals surface area contributed by atoms with E-state index in [1.807, 2.05) is 0 Å². The number of carboxylic acid groups (broad SMARTS) is 1. The zero-order valence-corrected chi connectivity index (χ0v) is 9.37. The Balaban J connectivity index is 2.34. The summed E-state index contributed by atoms with van der Waals surface area (Å²) in [5, 5.41) is 9.11. The molecule has 0 radical (unpaired) electrons. The van der Waals surface area contributed by atoms with Crippen LogP contribution in [0, 0.1) is 12.8 Å². The maximum Gasteiger partial charge on any atom is 0.311 e. The van der Waals surface area contributed by atoms with E-state index < -0.39 is 5.97 Å². The van der Waals surface area contributed by atoms with Crippen molar-refractivity contribution in [2.75, 3.05) is 0 Å². The standard InChI is InChI=1S/C10H11BrO3/c1-5-7(4-8(11)14-5)9(10(12)13)6-2-3-6/h4,6,9H,2-3H2,1H3,(H,12,13). The van der Waals surface area contributed by atoms with E-state index in [1.54, 1.807) is 13.0 Å². The quantitative estimate of drug-likeness (QED) is 0.907. The van der Waals surface area contributed by atoms with E-state index in [-0.39, 0.29) is 5.92 Å². The van der Waals surface area contributed by atoms with Crippen molar-refractivity contribution in [1.82, 2.24) is 0 Å². The highest BCUT2D eigenvalue weighted by Crippen LogP contribution is 2.44. The van der Waals surface area contributed by atoms with Crippen LogP contribution in [0.4, 0.5) is 0 Å². The Morgan fingerprint density at radius 1 is 1.71 bits per heavy atom. The van der Waals surface area contributed by atoms with E-state index in [4.69, 9.17) is 9.52 Å². The number of furan rings is 1. The number of aryl methyl sites for hydroxylation is 1. The van der Waals surface area contributed by atoms with Crippen molar-refractivity contribution in [2.24, 2.45) is 5.92 Å². The smallest absolute Gasteiger partial charge is 0.311 e. The van der Waals surface area contributed by atoms with Gasteiger partial charge in [0.25, 0.3) is 0 Å². The Labute approximate surface area is 90.2 Å². The van der Waals surface area contributed by atoms with Gasteiger partial charge in [0.2, 0.25) is 0 Å². The van der Waals surface area contributed by atoms with Gasteiger partial charge in [0.05, 0.1) is 5.92 Å². The molecule has 1 aliphatic carbocycles. The third-order valence-electron chi connectivity index (χ3n) is 2.62. The molecule has 1 aliphatic rings. The van der Waals surface area contributed by atoms with Crippen LogP contribution in [-0.2, 0) is 4.79 Å². The molecule has 0 spiro atoms. The summed E-state index contributed by atoms with van der Waals surface area (Å²) in [4.78, 5) is 11.1. The summed E-state index contributed by atoms with van der Waals surface area (Å²) in [7, 11) is 0. The molecule has 0 amide bonds. The van der Waals surface area contributed by atoms with Crippen molar-refractivity contribution in [3.63, 3.8) is 0 Å². The van der Waals surface area contributed by atoms with Gasteiger partial charge in [-0.05, 0) is 47.7 Å². The molecule has 1 unspecified atom stereocenters. The lowest BCUT2D eigenvalue weighted by Gasteiger charge is -2.08. The molecule has 4 heteroatoms. The lowest BCUT2D eigenvalue weighted by Crippen LogP contribution is -2.13. The minimum atomic E-state index is -0.746. The number of hydrogen-bond acceptors (Lipinski definition) is 2. The summed E-state index contributed by atoms with van der Waals surface area (Å²) < 4.78 is 5.89. The molecule has 1 saturated carbocycles. The molecule has 0 bridgehead atoms. The molecular formula is C10H11BrO3. The predicted octanol–water partition coefficient (Wildman–Crippen LogP) is 2.93. The van der Waals surface area contributed by atoms with Gasteiger partial charge in [-0.25, -0.2) is 0 Å². The van der Waals surface area contributed by atoms with Crippen LogP contribution in [-0.4, -0.2) is 11.1 Å². The zero-order valence-electron chi connectivity index (χ0n) is 7.79. The minimum Gasteiger partial charge on any atom is -0.481 e. The van der Waals surface area contributed by atoms with Crippen LogP contribution in [0.15, 0.2) is 15.2 Å².